The highest BCUT2D eigenvalue weighted by Crippen LogP contribution is 2.43. The van der Waals surface area contributed by atoms with E-state index in [0.717, 1.165) is 27.8 Å². The van der Waals surface area contributed by atoms with E-state index in [1.807, 2.05) is 43.3 Å². The zero-order chi connectivity index (χ0) is 29.7. The molecule has 0 saturated heterocycles. The first-order valence-electron chi connectivity index (χ1n) is 13.3. The third-order valence-electron chi connectivity index (χ3n) is 7.31. The van der Waals surface area contributed by atoms with Gasteiger partial charge in [-0.3, -0.25) is 4.79 Å². The van der Waals surface area contributed by atoms with Gasteiger partial charge in [-0.2, -0.15) is 13.2 Å². The molecule has 1 heterocycles. The number of benzene rings is 3. The van der Waals surface area contributed by atoms with Crippen molar-refractivity contribution in [2.75, 3.05) is 40.2 Å². The molecule has 0 fully saturated rings. The second kappa shape index (κ2) is 12.6. The Hall–Kier alpha value is -4.08. The topological polar surface area (TPSA) is 83.2 Å². The summed E-state index contributed by atoms with van der Waals surface area (Å²) in [6.45, 7) is 2.50. The van der Waals surface area contributed by atoms with Crippen molar-refractivity contribution in [1.82, 2.24) is 4.90 Å². The molecule has 1 amide bonds. The van der Waals surface area contributed by atoms with E-state index in [9.17, 15) is 18.0 Å². The van der Waals surface area contributed by atoms with Gasteiger partial charge in [0.1, 0.15) is 11.5 Å². The van der Waals surface area contributed by atoms with E-state index in [4.69, 9.17) is 24.7 Å². The number of nitrogen functional groups attached to an aromatic ring is 1. The van der Waals surface area contributed by atoms with Gasteiger partial charge in [-0.05, 0) is 77.6 Å². The van der Waals surface area contributed by atoms with Crippen LogP contribution in [0.5, 0.6) is 23.0 Å². The molecule has 1 aliphatic heterocycles. The number of nitrogens with two attached hydrogens (primary N) is 1. The number of methoxy groups -OCH3 is 3. The maximum absolute atomic E-state index is 13.2. The highest BCUT2D eigenvalue weighted by atomic mass is 19.4. The van der Waals surface area contributed by atoms with E-state index in [2.05, 4.69) is 0 Å². The van der Waals surface area contributed by atoms with Gasteiger partial charge in [0.15, 0.2) is 11.5 Å². The number of ether oxygens (including phenoxy) is 4. The van der Waals surface area contributed by atoms with Crippen molar-refractivity contribution in [3.05, 3.63) is 76.3 Å². The van der Waals surface area contributed by atoms with E-state index >= 15 is 0 Å². The molecule has 0 radical (unpaired) electrons. The Balaban J connectivity index is 1.68. The minimum absolute atomic E-state index is 0.280. The predicted octanol–water partition coefficient (Wildman–Crippen LogP) is 6.04. The van der Waals surface area contributed by atoms with E-state index in [1.165, 1.54) is 0 Å². The summed E-state index contributed by atoms with van der Waals surface area (Å²) in [5.74, 6) is 1.72. The van der Waals surface area contributed by atoms with Crippen LogP contribution in [0.4, 0.5) is 18.9 Å². The third-order valence-corrected chi connectivity index (χ3v) is 7.31. The summed E-state index contributed by atoms with van der Waals surface area (Å²) >= 11 is 0. The first-order chi connectivity index (χ1) is 19.5. The predicted molar refractivity (Wildman–Crippen MR) is 150 cm³/mol. The molecule has 2 N–H and O–H groups in total. The summed E-state index contributed by atoms with van der Waals surface area (Å²) in [5.41, 5.74) is 10.9. The van der Waals surface area contributed by atoms with Gasteiger partial charge in [0.25, 0.3) is 0 Å². The number of anilines is 1. The number of hydrogen-bond donors (Lipinski definition) is 1. The maximum Gasteiger partial charge on any atom is 0.389 e. The molecule has 1 aliphatic rings. The van der Waals surface area contributed by atoms with Crippen LogP contribution in [0.15, 0.2) is 48.5 Å². The zero-order valence-electron chi connectivity index (χ0n) is 23.6. The van der Waals surface area contributed by atoms with E-state index in [0.29, 0.717) is 48.1 Å². The largest absolute Gasteiger partial charge is 0.497 e. The van der Waals surface area contributed by atoms with Crippen LogP contribution in [0.3, 0.4) is 0 Å². The van der Waals surface area contributed by atoms with Gasteiger partial charge in [-0.1, -0.05) is 12.1 Å². The molecule has 10 heteroatoms. The Morgan fingerprint density at radius 2 is 1.71 bits per heavy atom. The van der Waals surface area contributed by atoms with Crippen LogP contribution in [0.2, 0.25) is 0 Å². The number of carbonyl (C=O) groups excluding carboxylic acids is 1. The summed E-state index contributed by atoms with van der Waals surface area (Å²) in [5, 5.41) is 0. The highest BCUT2D eigenvalue weighted by Gasteiger charge is 2.36. The normalized spacial score (nSPS) is 14.8. The minimum atomic E-state index is -4.42. The molecule has 220 valence electrons. The smallest absolute Gasteiger partial charge is 0.389 e. The van der Waals surface area contributed by atoms with Crippen LogP contribution < -0.4 is 24.7 Å². The number of aryl methyl sites for hydroxylation is 1. The van der Waals surface area contributed by atoms with E-state index < -0.39 is 31.0 Å². The van der Waals surface area contributed by atoms with Crippen LogP contribution in [-0.4, -0.2) is 51.5 Å². The minimum Gasteiger partial charge on any atom is -0.497 e. The summed E-state index contributed by atoms with van der Waals surface area (Å²) in [4.78, 5) is 14.7. The summed E-state index contributed by atoms with van der Waals surface area (Å²) < 4.78 is 61.4. The molecule has 0 aromatic heterocycles. The molecule has 0 aliphatic carbocycles. The standard InChI is InChI=1S/C31H35F3N2O5/c1-19-15-22(38-2)6-7-23(19)30-24-18-28(41-14-11-20-5-8-26(39-3)25(35)16-20)27(40-4)17-21(24)10-13-36(30)29(37)9-12-31(32,33)34/h5-8,15-18,30H,9-14,35H2,1-4H3. The van der Waals surface area contributed by atoms with Crippen LogP contribution in [0.25, 0.3) is 0 Å². The molecular formula is C31H35F3N2O5. The molecule has 1 atom stereocenters. The number of rotatable bonds is 10. The molecule has 7 nitrogen and oxygen atoms in total. The number of nitrogens with zero attached hydrogens (tertiary/aromatic N) is 1. The second-order valence-corrected chi connectivity index (χ2v) is 9.95. The second-order valence-electron chi connectivity index (χ2n) is 9.95. The molecular weight excluding hydrogens is 537 g/mol. The fourth-order valence-electron chi connectivity index (χ4n) is 5.20. The van der Waals surface area contributed by atoms with Crippen molar-refractivity contribution >= 4 is 11.6 Å². The summed E-state index contributed by atoms with van der Waals surface area (Å²) in [6, 6.07) is 14.2. The van der Waals surface area contributed by atoms with Gasteiger partial charge in [-0.25, -0.2) is 0 Å². The van der Waals surface area contributed by atoms with Gasteiger partial charge in [-0.15, -0.1) is 0 Å². The molecule has 0 saturated carbocycles. The van der Waals surface area contributed by atoms with Crippen molar-refractivity contribution < 1.29 is 36.9 Å². The molecule has 0 spiro atoms. The number of amides is 1. The van der Waals surface area contributed by atoms with E-state index in [-0.39, 0.29) is 6.54 Å². The van der Waals surface area contributed by atoms with Crippen LogP contribution >= 0.6 is 0 Å². The highest BCUT2D eigenvalue weighted by molar-refractivity contribution is 5.78. The molecule has 3 aromatic carbocycles. The number of halogens is 3. The molecule has 4 rings (SSSR count). The monoisotopic (exact) mass is 572 g/mol. The van der Waals surface area contributed by atoms with Gasteiger partial charge in [0.2, 0.25) is 5.91 Å². The van der Waals surface area contributed by atoms with Crippen molar-refractivity contribution in [3.63, 3.8) is 0 Å². The lowest BCUT2D eigenvalue weighted by Crippen LogP contribution is -2.41. The number of hydrogen-bond acceptors (Lipinski definition) is 6. The first kappa shape index (κ1) is 29.9. The van der Waals surface area contributed by atoms with Crippen LogP contribution in [0.1, 0.15) is 46.7 Å². The molecule has 1 unspecified atom stereocenters. The summed E-state index contributed by atoms with van der Waals surface area (Å²) in [7, 11) is 4.68. The quantitative estimate of drug-likeness (QED) is 0.298. The summed E-state index contributed by atoms with van der Waals surface area (Å²) in [6.07, 6.45) is -5.17. The SMILES string of the molecule is COc1ccc(C2c3cc(OCCc4ccc(OC)c(N)c4)c(OC)cc3CCN2C(=O)CCC(F)(F)F)c(C)c1. The average molecular weight is 573 g/mol. The zero-order valence-corrected chi connectivity index (χ0v) is 23.6. The van der Waals surface area contributed by atoms with Crippen LogP contribution in [0, 0.1) is 6.92 Å². The fourth-order valence-corrected chi connectivity index (χ4v) is 5.20. The van der Waals surface area contributed by atoms with Crippen molar-refractivity contribution in [2.45, 2.75) is 44.8 Å². The van der Waals surface area contributed by atoms with E-state index in [1.54, 1.807) is 38.4 Å². The number of carbonyl (C=O) groups is 1. The molecule has 3 aromatic rings. The molecule has 0 bridgehead atoms. The lowest BCUT2D eigenvalue weighted by Gasteiger charge is -2.39. The Morgan fingerprint density at radius 3 is 2.34 bits per heavy atom. The Bertz CT molecular complexity index is 1390. The fraction of sp³-hybridized carbons (Fsp3) is 0.387. The maximum atomic E-state index is 13.2. The van der Waals surface area contributed by atoms with Crippen molar-refractivity contribution in [1.29, 1.82) is 0 Å². The van der Waals surface area contributed by atoms with Crippen molar-refractivity contribution in [2.24, 2.45) is 0 Å². The molecule has 41 heavy (non-hydrogen) atoms. The van der Waals surface area contributed by atoms with Gasteiger partial charge >= 0.3 is 6.18 Å². The lowest BCUT2D eigenvalue weighted by atomic mass is 9.85. The van der Waals surface area contributed by atoms with Gasteiger partial charge in [0.05, 0.1) is 46.1 Å². The Kier molecular flexibility index (Phi) is 9.20. The first-order valence-corrected chi connectivity index (χ1v) is 13.3. The number of fused-ring (bicyclic) bond motifs is 1. The Labute approximate surface area is 237 Å². The van der Waals surface area contributed by atoms with Gasteiger partial charge < -0.3 is 29.6 Å². The van der Waals surface area contributed by atoms with Gasteiger partial charge in [0, 0.05) is 19.4 Å². The Morgan fingerprint density at radius 1 is 0.951 bits per heavy atom. The number of alkyl halides is 3. The van der Waals surface area contributed by atoms with Crippen molar-refractivity contribution in [3.8, 4) is 23.0 Å². The third kappa shape index (κ3) is 6.99. The van der Waals surface area contributed by atoms with Crippen LogP contribution in [-0.2, 0) is 17.6 Å². The lowest BCUT2D eigenvalue weighted by molar-refractivity contribution is -0.150. The average Bonchev–Trinajstić information content (AvgIpc) is 2.94.